The zero-order chi connectivity index (χ0) is 84.1. The van der Waals surface area contributed by atoms with Crippen LogP contribution in [0.25, 0.3) is 0 Å². The second-order valence-corrected chi connectivity index (χ2v) is 32.8. The molecular formula is C82H120N10O27. The lowest BCUT2D eigenvalue weighted by molar-refractivity contribution is -0.292. The summed E-state index contributed by atoms with van der Waals surface area (Å²) >= 11 is 0. The molecule has 37 heteroatoms. The van der Waals surface area contributed by atoms with Crippen LogP contribution in [-0.4, -0.2) is 287 Å². The van der Waals surface area contributed by atoms with E-state index in [2.05, 4.69) is 57.0 Å². The van der Waals surface area contributed by atoms with E-state index in [0.717, 1.165) is 43.3 Å². The van der Waals surface area contributed by atoms with Crippen LogP contribution in [0.2, 0.25) is 0 Å². The van der Waals surface area contributed by atoms with Crippen LogP contribution in [0.15, 0.2) is 54.8 Å². The maximum atomic E-state index is 14.6. The SMILES string of the molecule is C=C1C[C@@H]2CC[C@@]34C[C@H]5O[C@H]6[C@@H](O3)[C@H]3O[C@H](CC[C@@H]3O[C@H]6[C@H]5O4)CC(=O)C[C@@H]3[C@@H](OC)[C@@H](C[C@H](O)CNC(=O)OCc4ccc(NC(=O)[C@H](CCCNC(N)=O)NC(=O)[C@@H](NC(=O)CCOCCOCCOCCn5cc(COCCOCCOCCC(=O)ON6C(=O)CCC6=O)nn5)C(C)C)cc4)O[C@H]3C[C@H]3O[C@@H](CC[C@@H]1O2)C[C@@H](C)C3=C. The normalized spacial score (nSPS) is 30.5. The molecule has 11 aliphatic heterocycles. The zero-order valence-electron chi connectivity index (χ0n) is 68.6. The minimum absolute atomic E-state index is 0.0106. The van der Waals surface area contributed by atoms with E-state index in [1.54, 1.807) is 56.1 Å². The monoisotopic (exact) mass is 1680 g/mol. The predicted molar refractivity (Wildman–Crippen MR) is 416 cm³/mol. The highest BCUT2D eigenvalue weighted by Crippen LogP contribution is 2.55. The molecule has 0 radical (unpaired) electrons. The average molecular weight is 1680 g/mol. The highest BCUT2D eigenvalue weighted by atomic mass is 16.8. The fraction of sp³-hybridized carbons (Fsp3) is 0.744. The van der Waals surface area contributed by atoms with Gasteiger partial charge in [0.1, 0.15) is 60.7 Å². The number of ketones is 1. The first kappa shape index (κ1) is 90.7. The molecule has 37 nitrogen and oxygen atoms in total. The van der Waals surface area contributed by atoms with E-state index >= 15 is 0 Å². The quantitative estimate of drug-likeness (QED) is 0.0283. The maximum absolute atomic E-state index is 14.6. The summed E-state index contributed by atoms with van der Waals surface area (Å²) < 4.78 is 101. The summed E-state index contributed by atoms with van der Waals surface area (Å²) in [5.74, 6) is -5.00. The van der Waals surface area contributed by atoms with Gasteiger partial charge in [0.25, 0.3) is 11.8 Å². The average Bonchev–Trinajstić information content (AvgIpc) is 1.55. The number of aliphatic hydroxyl groups is 1. The molecule has 12 heterocycles. The number of hydrogen-bond acceptors (Lipinski definition) is 29. The van der Waals surface area contributed by atoms with Gasteiger partial charge in [0.05, 0.1) is 166 Å². The van der Waals surface area contributed by atoms with Crippen molar-refractivity contribution < 1.29 is 129 Å². The number of fused-ring (bicyclic) bond motifs is 6. The van der Waals surface area contributed by atoms with E-state index in [1.165, 1.54) is 0 Å². The first-order valence-corrected chi connectivity index (χ1v) is 42.2. The Bertz CT molecular complexity index is 3750. The first-order valence-electron chi connectivity index (χ1n) is 42.2. The summed E-state index contributed by atoms with van der Waals surface area (Å²) in [4.78, 5) is 120. The number of amides is 8. The number of carbonyl (C=O) groups is 9. The number of urea groups is 1. The number of nitrogens with zero attached hydrogens (tertiary/aromatic N) is 4. The fourth-order valence-corrected chi connectivity index (χ4v) is 17.4. The van der Waals surface area contributed by atoms with E-state index in [0.29, 0.717) is 93.7 Å². The summed E-state index contributed by atoms with van der Waals surface area (Å²) in [7, 11) is 1.58. The van der Waals surface area contributed by atoms with Crippen molar-refractivity contribution in [1.82, 2.24) is 41.3 Å². The number of Topliss-reactive ketones (excluding diaryl/α,β-unsaturated/α-hetero) is 1. The second kappa shape index (κ2) is 44.0. The third-order valence-corrected chi connectivity index (χ3v) is 23.6. The molecule has 0 aliphatic carbocycles. The third kappa shape index (κ3) is 25.5. The third-order valence-electron chi connectivity index (χ3n) is 23.6. The molecule has 21 atom stereocenters. The molecular weight excluding hydrogens is 1560 g/mol. The molecule has 660 valence electrons. The van der Waals surface area contributed by atoms with Gasteiger partial charge in [0, 0.05) is 89.6 Å². The molecule has 0 unspecified atom stereocenters. The number of nitrogens with one attached hydrogen (secondary N) is 5. The Balaban J connectivity index is 0.534. The van der Waals surface area contributed by atoms with Crippen molar-refractivity contribution in [3.05, 3.63) is 66.0 Å². The van der Waals surface area contributed by atoms with Gasteiger partial charge in [0.15, 0.2) is 5.79 Å². The Morgan fingerprint density at radius 3 is 2.08 bits per heavy atom. The van der Waals surface area contributed by atoms with Crippen molar-refractivity contribution >= 4 is 59.1 Å². The number of nitrogens with two attached hydrogens (primary N) is 1. The molecule has 2 aromatic rings. The number of methoxy groups -OCH3 is 1. The number of imide groups is 1. The van der Waals surface area contributed by atoms with E-state index in [9.17, 15) is 48.3 Å². The number of benzene rings is 1. The van der Waals surface area contributed by atoms with E-state index in [-0.39, 0.29) is 196 Å². The number of anilines is 1. The minimum Gasteiger partial charge on any atom is -0.445 e. The number of hydrogen-bond donors (Lipinski definition) is 7. The Hall–Kier alpha value is -7.57. The Morgan fingerprint density at radius 2 is 1.35 bits per heavy atom. The molecule has 1 aromatic heterocycles. The van der Waals surface area contributed by atoms with Crippen LogP contribution < -0.4 is 32.3 Å². The van der Waals surface area contributed by atoms with Crippen molar-refractivity contribution in [1.29, 1.82) is 0 Å². The van der Waals surface area contributed by atoms with E-state index < -0.39 is 114 Å². The summed E-state index contributed by atoms with van der Waals surface area (Å²) in [6.45, 7) is 17.6. The first-order chi connectivity index (χ1) is 57.4. The van der Waals surface area contributed by atoms with Crippen LogP contribution in [0, 0.1) is 17.8 Å². The number of hydroxylamine groups is 2. The molecule has 12 bridgehead atoms. The molecule has 8 N–H and O–H groups in total. The van der Waals surface area contributed by atoms with Crippen LogP contribution in [0.3, 0.4) is 0 Å². The molecule has 119 heavy (non-hydrogen) atoms. The van der Waals surface area contributed by atoms with Crippen molar-refractivity contribution in [3.8, 4) is 0 Å². The summed E-state index contributed by atoms with van der Waals surface area (Å²) in [6, 6.07) is 3.60. The van der Waals surface area contributed by atoms with Crippen molar-refractivity contribution in [3.63, 3.8) is 0 Å². The number of aromatic nitrogens is 3. The number of carbonyl (C=O) groups excluding carboxylic acids is 9. The zero-order valence-corrected chi connectivity index (χ0v) is 68.6. The standard InChI is InChI=1S/C82H120N10O27/c1-47(2)71(88-67(95)20-25-104-28-31-107-33-30-106-27-24-91-44-53(89-90-91)46-109-35-34-108-32-29-105-26-21-70(98)119-92-68(96)17-18-69(92)97)79(100)87-60(8-7-23-84-80(83)101)78(99)86-52-11-9-51(10-12-52)45-110-81(102)85-43-55(94)40-65-72(103-6)59-39-54(93)38-57-14-16-62-73(113-57)77-76-75(115-62)74-66(116-76)42-82(117-74,118-77)22-19-58-37-49(4)61(111-58)15-13-56-36-48(3)50(5)63(112-56)41-64(59)114-65/h9-12,44,47-48,55-66,71-77,94H,4-5,7-8,13-43,45-46H2,1-3,6H3,(H,85,102)(H,86,99)(H,87,100)(H,88,95)(H3,83,84,101)/t48-,55+,56+,57-,58+,59+,60+,61+,62+,63-,64+,65-,66-,71+,72-,73+,74+,75+,76-,77+,82+/m1/s1. The summed E-state index contributed by atoms with van der Waals surface area (Å²) in [5, 5.41) is 33.8. The van der Waals surface area contributed by atoms with Gasteiger partial charge in [-0.3, -0.25) is 28.8 Å². The molecule has 11 saturated heterocycles. The molecule has 11 fully saturated rings. The van der Waals surface area contributed by atoms with Crippen LogP contribution >= 0.6 is 0 Å². The number of rotatable bonds is 41. The second-order valence-electron chi connectivity index (χ2n) is 32.8. The molecule has 11 aliphatic rings. The number of primary amides is 1. The molecule has 8 amide bonds. The maximum Gasteiger partial charge on any atom is 0.407 e. The fourth-order valence-electron chi connectivity index (χ4n) is 17.4. The summed E-state index contributed by atoms with van der Waals surface area (Å²) in [5.41, 5.74) is 8.87. The highest BCUT2D eigenvalue weighted by molar-refractivity contribution is 6.01. The number of ether oxygens (including phenoxy) is 16. The topological polar surface area (TPSA) is 451 Å². The van der Waals surface area contributed by atoms with Crippen LogP contribution in [-0.2, 0) is 134 Å². The molecule has 13 rings (SSSR count). The summed E-state index contributed by atoms with van der Waals surface area (Å²) in [6.07, 6.45) is 2.21. The molecule has 0 saturated carbocycles. The Labute approximate surface area is 692 Å². The number of alkyl carbamates (subject to hydrolysis) is 1. The van der Waals surface area contributed by atoms with Gasteiger partial charge in [-0.1, -0.05) is 51.3 Å². The molecule has 1 aromatic carbocycles. The predicted octanol–water partition coefficient (Wildman–Crippen LogP) is 3.70. The van der Waals surface area contributed by atoms with Crippen LogP contribution in [0.5, 0.6) is 0 Å². The van der Waals surface area contributed by atoms with Gasteiger partial charge in [-0.15, -0.1) is 10.2 Å². The number of aliphatic hydroxyl groups excluding tert-OH is 1. The van der Waals surface area contributed by atoms with Crippen molar-refractivity contribution in [2.75, 3.05) is 98.2 Å². The van der Waals surface area contributed by atoms with E-state index in [4.69, 9.17) is 86.4 Å². The smallest absolute Gasteiger partial charge is 0.407 e. The lowest BCUT2D eigenvalue weighted by atomic mass is 9.81. The molecule has 1 spiro atoms. The Kier molecular flexibility index (Phi) is 33.5. The van der Waals surface area contributed by atoms with Crippen molar-refractivity contribution in [2.45, 2.75) is 278 Å². The van der Waals surface area contributed by atoms with Gasteiger partial charge in [-0.05, 0) is 98.5 Å². The van der Waals surface area contributed by atoms with Crippen LogP contribution in [0.4, 0.5) is 15.3 Å². The van der Waals surface area contributed by atoms with Gasteiger partial charge in [-0.2, -0.15) is 0 Å². The van der Waals surface area contributed by atoms with Gasteiger partial charge in [0.2, 0.25) is 17.7 Å². The van der Waals surface area contributed by atoms with Gasteiger partial charge < -0.3 is 118 Å². The van der Waals surface area contributed by atoms with Crippen LogP contribution in [0.1, 0.15) is 154 Å². The van der Waals surface area contributed by atoms with E-state index in [1.807, 2.05) is 0 Å². The minimum atomic E-state index is -1.11. The van der Waals surface area contributed by atoms with Gasteiger partial charge in [-0.25, -0.2) is 19.1 Å². The largest absolute Gasteiger partial charge is 0.445 e. The highest BCUT2D eigenvalue weighted by Gasteiger charge is 2.69. The lowest BCUT2D eigenvalue weighted by Gasteiger charge is -2.47. The van der Waals surface area contributed by atoms with Crippen molar-refractivity contribution in [2.24, 2.45) is 23.5 Å². The Morgan fingerprint density at radius 1 is 0.681 bits per heavy atom. The lowest BCUT2D eigenvalue weighted by Crippen LogP contribution is -2.61. The van der Waals surface area contributed by atoms with Gasteiger partial charge >= 0.3 is 18.1 Å².